The normalized spacial score (nSPS) is 9.62. The number of rotatable bonds is 3. The van der Waals surface area contributed by atoms with Crippen molar-refractivity contribution in [3.8, 4) is 6.07 Å². The van der Waals surface area contributed by atoms with Crippen LogP contribution in [0.5, 0.6) is 0 Å². The number of halogens is 2. The van der Waals surface area contributed by atoms with E-state index < -0.39 is 6.67 Å². The Bertz CT molecular complexity index is 330. The monoisotopic (exact) mass is 197 g/mol. The first kappa shape index (κ1) is 10.0. The molecule has 0 aromatic heterocycles. The van der Waals surface area contributed by atoms with E-state index in [0.29, 0.717) is 23.4 Å². The average Bonchev–Trinajstić information content (AvgIpc) is 2.14. The molecule has 68 valence electrons. The Kier molecular flexibility index (Phi) is 3.72. The van der Waals surface area contributed by atoms with Crippen LogP contribution >= 0.6 is 11.6 Å². The van der Waals surface area contributed by atoms with Crippen molar-refractivity contribution in [2.75, 3.05) is 0 Å². The van der Waals surface area contributed by atoms with Crippen molar-refractivity contribution < 1.29 is 4.39 Å². The lowest BCUT2D eigenvalue weighted by molar-refractivity contribution is 0.485. The molecule has 1 rings (SSSR count). The van der Waals surface area contributed by atoms with E-state index in [1.165, 1.54) is 0 Å². The maximum absolute atomic E-state index is 12.3. The van der Waals surface area contributed by atoms with Gasteiger partial charge in [0.15, 0.2) is 0 Å². The molecule has 0 spiro atoms. The van der Waals surface area contributed by atoms with Crippen molar-refractivity contribution in [1.82, 2.24) is 0 Å². The second kappa shape index (κ2) is 4.84. The quantitative estimate of drug-likeness (QED) is 0.730. The predicted octanol–water partition coefficient (Wildman–Crippen LogP) is 3.27. The number of alkyl halides is 1. The fraction of sp³-hybridized carbons (Fsp3) is 0.300. The van der Waals surface area contributed by atoms with Crippen LogP contribution in [0.1, 0.15) is 17.5 Å². The summed E-state index contributed by atoms with van der Waals surface area (Å²) in [4.78, 5) is 0. The fourth-order valence-corrected chi connectivity index (χ4v) is 1.42. The van der Waals surface area contributed by atoms with E-state index in [1.54, 1.807) is 18.2 Å². The topological polar surface area (TPSA) is 23.8 Å². The molecule has 0 radical (unpaired) electrons. The van der Waals surface area contributed by atoms with E-state index in [9.17, 15) is 4.39 Å². The van der Waals surface area contributed by atoms with Gasteiger partial charge in [-0.25, -0.2) is 4.39 Å². The maximum atomic E-state index is 12.3. The van der Waals surface area contributed by atoms with E-state index in [1.807, 2.05) is 6.07 Å². The first-order valence-electron chi connectivity index (χ1n) is 3.97. The van der Waals surface area contributed by atoms with Gasteiger partial charge in [0, 0.05) is 11.4 Å². The minimum absolute atomic E-state index is 0.437. The van der Waals surface area contributed by atoms with Crippen LogP contribution in [0, 0.1) is 11.3 Å². The lowest BCUT2D eigenvalue weighted by Gasteiger charge is -2.01. The van der Waals surface area contributed by atoms with Crippen LogP contribution in [0.3, 0.4) is 0 Å². The first-order chi connectivity index (χ1) is 6.26. The Balaban J connectivity index is 2.83. The van der Waals surface area contributed by atoms with Gasteiger partial charge in [0.2, 0.25) is 0 Å². The van der Waals surface area contributed by atoms with Gasteiger partial charge in [0.25, 0.3) is 0 Å². The molecule has 0 aliphatic rings. The van der Waals surface area contributed by atoms with Crippen LogP contribution in [0.4, 0.5) is 4.39 Å². The number of nitrogens with zero attached hydrogens (tertiary/aromatic N) is 1. The molecule has 0 bridgehead atoms. The summed E-state index contributed by atoms with van der Waals surface area (Å²) in [7, 11) is 0. The minimum atomic E-state index is -0.514. The van der Waals surface area contributed by atoms with Gasteiger partial charge >= 0.3 is 0 Å². The van der Waals surface area contributed by atoms with Gasteiger partial charge < -0.3 is 0 Å². The molecule has 0 aliphatic carbocycles. The summed E-state index contributed by atoms with van der Waals surface area (Å²) < 4.78 is 12.3. The van der Waals surface area contributed by atoms with Gasteiger partial charge in [-0.2, -0.15) is 5.26 Å². The second-order valence-corrected chi connectivity index (χ2v) is 3.20. The number of benzene rings is 1. The van der Waals surface area contributed by atoms with Crippen LogP contribution in [-0.4, -0.2) is 0 Å². The highest BCUT2D eigenvalue weighted by atomic mass is 35.5. The molecule has 0 aliphatic heterocycles. The molecular formula is C10H9ClFN. The standard InChI is InChI=1S/C10H9ClFN/c11-10-5-8(2-1-3-13)4-9(6-10)7-12/h4-6H,1-2,7H2. The van der Waals surface area contributed by atoms with Crippen molar-refractivity contribution in [3.05, 3.63) is 34.3 Å². The summed E-state index contributed by atoms with van der Waals surface area (Å²) in [6.07, 6.45) is 1.07. The van der Waals surface area contributed by atoms with Gasteiger partial charge in [-0.05, 0) is 29.7 Å². The zero-order valence-corrected chi connectivity index (χ0v) is 7.81. The summed E-state index contributed by atoms with van der Waals surface area (Å²) >= 11 is 5.76. The molecule has 0 unspecified atom stereocenters. The van der Waals surface area contributed by atoms with Gasteiger partial charge in [-0.3, -0.25) is 0 Å². The third-order valence-electron chi connectivity index (χ3n) is 1.70. The van der Waals surface area contributed by atoms with Gasteiger partial charge in [-0.1, -0.05) is 17.7 Å². The van der Waals surface area contributed by atoms with Crippen LogP contribution in [0.15, 0.2) is 18.2 Å². The zero-order valence-electron chi connectivity index (χ0n) is 7.06. The molecule has 0 atom stereocenters. The third-order valence-corrected chi connectivity index (χ3v) is 1.92. The van der Waals surface area contributed by atoms with Gasteiger partial charge in [-0.15, -0.1) is 0 Å². The molecule has 3 heteroatoms. The van der Waals surface area contributed by atoms with Crippen molar-refractivity contribution in [2.45, 2.75) is 19.5 Å². The van der Waals surface area contributed by atoms with E-state index in [4.69, 9.17) is 16.9 Å². The van der Waals surface area contributed by atoms with E-state index in [2.05, 4.69) is 0 Å². The molecule has 0 saturated carbocycles. The van der Waals surface area contributed by atoms with Crippen LogP contribution < -0.4 is 0 Å². The number of aryl methyl sites for hydroxylation is 1. The Labute approximate surface area is 81.8 Å². The molecule has 1 nitrogen and oxygen atoms in total. The molecular weight excluding hydrogens is 189 g/mol. The molecule has 0 fully saturated rings. The fourth-order valence-electron chi connectivity index (χ4n) is 1.14. The second-order valence-electron chi connectivity index (χ2n) is 2.76. The Morgan fingerprint density at radius 2 is 2.00 bits per heavy atom. The summed E-state index contributed by atoms with van der Waals surface area (Å²) in [6, 6.07) is 7.13. The highest BCUT2D eigenvalue weighted by Gasteiger charge is 1.99. The van der Waals surface area contributed by atoms with E-state index >= 15 is 0 Å². The van der Waals surface area contributed by atoms with Crippen molar-refractivity contribution in [2.24, 2.45) is 0 Å². The lowest BCUT2D eigenvalue weighted by atomic mass is 10.1. The number of nitriles is 1. The summed E-state index contributed by atoms with van der Waals surface area (Å²) in [5.41, 5.74) is 1.49. The van der Waals surface area contributed by atoms with Crippen molar-refractivity contribution in [3.63, 3.8) is 0 Å². The van der Waals surface area contributed by atoms with Gasteiger partial charge in [0.1, 0.15) is 6.67 Å². The predicted molar refractivity (Wildman–Crippen MR) is 50.2 cm³/mol. The number of hydrogen-bond acceptors (Lipinski definition) is 1. The lowest BCUT2D eigenvalue weighted by Crippen LogP contribution is -1.87. The smallest absolute Gasteiger partial charge is 0.115 e. The summed E-state index contributed by atoms with van der Waals surface area (Å²) in [6.45, 7) is -0.514. The number of hydrogen-bond donors (Lipinski definition) is 0. The van der Waals surface area contributed by atoms with Crippen LogP contribution in [-0.2, 0) is 13.1 Å². The molecule has 1 aromatic carbocycles. The third kappa shape index (κ3) is 3.04. The Morgan fingerprint density at radius 1 is 1.31 bits per heavy atom. The molecule has 13 heavy (non-hydrogen) atoms. The van der Waals surface area contributed by atoms with Crippen LogP contribution in [0.25, 0.3) is 0 Å². The van der Waals surface area contributed by atoms with Crippen molar-refractivity contribution in [1.29, 1.82) is 5.26 Å². The molecule has 0 N–H and O–H groups in total. The molecule has 1 aromatic rings. The zero-order chi connectivity index (χ0) is 9.68. The van der Waals surface area contributed by atoms with Gasteiger partial charge in [0.05, 0.1) is 6.07 Å². The van der Waals surface area contributed by atoms with Crippen molar-refractivity contribution >= 4 is 11.6 Å². The Morgan fingerprint density at radius 3 is 2.62 bits per heavy atom. The molecule has 0 amide bonds. The maximum Gasteiger partial charge on any atom is 0.115 e. The summed E-state index contributed by atoms with van der Waals surface area (Å²) in [5.74, 6) is 0. The average molecular weight is 198 g/mol. The Hall–Kier alpha value is -1.07. The highest BCUT2D eigenvalue weighted by molar-refractivity contribution is 6.30. The largest absolute Gasteiger partial charge is 0.246 e. The van der Waals surface area contributed by atoms with Crippen LogP contribution in [0.2, 0.25) is 5.02 Å². The highest BCUT2D eigenvalue weighted by Crippen LogP contribution is 2.17. The van der Waals surface area contributed by atoms with E-state index in [0.717, 1.165) is 5.56 Å². The molecule has 0 heterocycles. The SMILES string of the molecule is N#CCCc1cc(Cl)cc(CF)c1. The summed E-state index contributed by atoms with van der Waals surface area (Å²) in [5, 5.41) is 8.90. The first-order valence-corrected chi connectivity index (χ1v) is 4.35. The molecule has 0 saturated heterocycles. The minimum Gasteiger partial charge on any atom is -0.246 e. The van der Waals surface area contributed by atoms with E-state index in [-0.39, 0.29) is 0 Å².